The standard InChI is InChI=1S/C25H26N4O4/c1-17(30)26-24-15-22(25(31)28-32)14-23(27-24)21-8-6-20(7-9-21)19-4-2-18(3-5-19)16-29-10-12-33-13-11-29/h2-9,14-15,32H,10-13,16H2,1H3,(H,28,31)(H,26,27,30). The fraction of sp³-hybridized carbons (Fsp3) is 0.240. The summed E-state index contributed by atoms with van der Waals surface area (Å²) in [4.78, 5) is 30.2. The van der Waals surface area contributed by atoms with Crippen molar-refractivity contribution < 1.29 is 19.5 Å². The molecule has 1 aliphatic rings. The van der Waals surface area contributed by atoms with E-state index in [2.05, 4.69) is 39.5 Å². The summed E-state index contributed by atoms with van der Waals surface area (Å²) in [5, 5.41) is 11.6. The molecule has 0 radical (unpaired) electrons. The van der Waals surface area contributed by atoms with Crippen molar-refractivity contribution in [3.63, 3.8) is 0 Å². The number of ether oxygens (including phenoxy) is 1. The highest BCUT2D eigenvalue weighted by atomic mass is 16.5. The molecule has 0 bridgehead atoms. The molecule has 1 saturated heterocycles. The fourth-order valence-electron chi connectivity index (χ4n) is 3.77. The Kier molecular flexibility index (Phi) is 7.09. The Balaban J connectivity index is 1.53. The van der Waals surface area contributed by atoms with Crippen molar-refractivity contribution in [2.24, 2.45) is 0 Å². The van der Waals surface area contributed by atoms with Gasteiger partial charge in [0.05, 0.1) is 18.9 Å². The molecule has 4 rings (SSSR count). The Morgan fingerprint density at radius 2 is 1.58 bits per heavy atom. The van der Waals surface area contributed by atoms with Gasteiger partial charge in [0.1, 0.15) is 5.82 Å². The van der Waals surface area contributed by atoms with Gasteiger partial charge in [-0.2, -0.15) is 0 Å². The highest BCUT2D eigenvalue weighted by Gasteiger charge is 2.13. The number of aromatic nitrogens is 1. The van der Waals surface area contributed by atoms with Gasteiger partial charge in [0, 0.05) is 37.7 Å². The Bertz CT molecular complexity index is 1120. The fourth-order valence-corrected chi connectivity index (χ4v) is 3.77. The van der Waals surface area contributed by atoms with Crippen LogP contribution in [0.5, 0.6) is 0 Å². The van der Waals surface area contributed by atoms with Crippen LogP contribution in [0.1, 0.15) is 22.8 Å². The number of amides is 2. The van der Waals surface area contributed by atoms with Gasteiger partial charge in [0.15, 0.2) is 0 Å². The Labute approximate surface area is 192 Å². The molecular weight excluding hydrogens is 420 g/mol. The zero-order valence-electron chi connectivity index (χ0n) is 18.4. The Hall–Kier alpha value is -3.59. The third-order valence-electron chi connectivity index (χ3n) is 5.47. The van der Waals surface area contributed by atoms with E-state index >= 15 is 0 Å². The predicted octanol–water partition coefficient (Wildman–Crippen LogP) is 3.33. The number of carbonyl (C=O) groups is 2. The number of benzene rings is 2. The van der Waals surface area contributed by atoms with Gasteiger partial charge in [-0.1, -0.05) is 48.5 Å². The normalized spacial score (nSPS) is 14.0. The van der Waals surface area contributed by atoms with Crippen molar-refractivity contribution in [3.05, 3.63) is 71.8 Å². The number of rotatable bonds is 6. The van der Waals surface area contributed by atoms with E-state index in [9.17, 15) is 9.59 Å². The molecular formula is C25H26N4O4. The summed E-state index contributed by atoms with van der Waals surface area (Å²) in [5.41, 5.74) is 6.52. The van der Waals surface area contributed by atoms with Crippen LogP contribution < -0.4 is 10.8 Å². The smallest absolute Gasteiger partial charge is 0.274 e. The Morgan fingerprint density at radius 1 is 0.970 bits per heavy atom. The van der Waals surface area contributed by atoms with Crippen LogP contribution in [0.25, 0.3) is 22.4 Å². The predicted molar refractivity (Wildman–Crippen MR) is 125 cm³/mol. The topological polar surface area (TPSA) is 104 Å². The minimum atomic E-state index is -0.681. The van der Waals surface area contributed by atoms with Crippen LogP contribution in [0.2, 0.25) is 0 Å². The quantitative estimate of drug-likeness (QED) is 0.396. The van der Waals surface area contributed by atoms with Crippen LogP contribution >= 0.6 is 0 Å². The molecule has 0 unspecified atom stereocenters. The summed E-state index contributed by atoms with van der Waals surface area (Å²) in [5.74, 6) is -0.750. The lowest BCUT2D eigenvalue weighted by Gasteiger charge is -2.26. The second kappa shape index (κ2) is 10.4. The number of pyridine rings is 1. The number of nitrogens with zero attached hydrogens (tertiary/aromatic N) is 2. The molecule has 2 aromatic carbocycles. The molecule has 1 fully saturated rings. The maximum atomic E-state index is 11.9. The van der Waals surface area contributed by atoms with Crippen LogP contribution in [0.15, 0.2) is 60.7 Å². The minimum Gasteiger partial charge on any atom is -0.379 e. The van der Waals surface area contributed by atoms with Gasteiger partial charge in [-0.3, -0.25) is 19.7 Å². The highest BCUT2D eigenvalue weighted by Crippen LogP contribution is 2.26. The van der Waals surface area contributed by atoms with Gasteiger partial charge in [-0.25, -0.2) is 10.5 Å². The third kappa shape index (κ3) is 5.81. The second-order valence-electron chi connectivity index (χ2n) is 7.91. The lowest BCUT2D eigenvalue weighted by atomic mass is 10.0. The molecule has 0 saturated carbocycles. The van der Waals surface area contributed by atoms with Crippen LogP contribution in [0.4, 0.5) is 5.82 Å². The number of hydrogen-bond acceptors (Lipinski definition) is 6. The lowest BCUT2D eigenvalue weighted by molar-refractivity contribution is -0.114. The number of anilines is 1. The number of carbonyl (C=O) groups excluding carboxylic acids is 2. The molecule has 3 N–H and O–H groups in total. The van der Waals surface area contributed by atoms with E-state index in [0.717, 1.165) is 49.5 Å². The SMILES string of the molecule is CC(=O)Nc1cc(C(=O)NO)cc(-c2ccc(-c3ccc(CN4CCOCC4)cc3)cc2)n1. The summed E-state index contributed by atoms with van der Waals surface area (Å²) in [6.45, 7) is 5.78. The lowest BCUT2D eigenvalue weighted by Crippen LogP contribution is -2.35. The maximum Gasteiger partial charge on any atom is 0.274 e. The molecule has 1 aliphatic heterocycles. The maximum absolute atomic E-state index is 11.9. The van der Waals surface area contributed by atoms with Crippen LogP contribution in [0, 0.1) is 0 Å². The molecule has 0 aliphatic carbocycles. The van der Waals surface area contributed by atoms with Crippen LogP contribution in [-0.2, 0) is 16.1 Å². The second-order valence-corrected chi connectivity index (χ2v) is 7.91. The molecule has 3 aromatic rings. The largest absolute Gasteiger partial charge is 0.379 e. The van der Waals surface area contributed by atoms with Crippen molar-refractivity contribution in [2.75, 3.05) is 31.6 Å². The molecule has 8 heteroatoms. The minimum absolute atomic E-state index is 0.186. The van der Waals surface area contributed by atoms with E-state index in [1.807, 2.05) is 24.3 Å². The first kappa shape index (κ1) is 22.6. The molecule has 2 amide bonds. The van der Waals surface area contributed by atoms with E-state index in [4.69, 9.17) is 9.94 Å². The summed E-state index contributed by atoms with van der Waals surface area (Å²) in [6.07, 6.45) is 0. The van der Waals surface area contributed by atoms with E-state index in [1.54, 1.807) is 11.5 Å². The van der Waals surface area contributed by atoms with Crippen molar-refractivity contribution in [1.29, 1.82) is 0 Å². The zero-order valence-corrected chi connectivity index (χ0v) is 18.4. The molecule has 33 heavy (non-hydrogen) atoms. The van der Waals surface area contributed by atoms with Crippen LogP contribution in [0.3, 0.4) is 0 Å². The molecule has 0 atom stereocenters. The van der Waals surface area contributed by atoms with Gasteiger partial charge in [-0.05, 0) is 28.8 Å². The van der Waals surface area contributed by atoms with Gasteiger partial charge in [-0.15, -0.1) is 0 Å². The molecule has 8 nitrogen and oxygen atoms in total. The summed E-state index contributed by atoms with van der Waals surface area (Å²) >= 11 is 0. The van der Waals surface area contributed by atoms with Crippen molar-refractivity contribution in [2.45, 2.75) is 13.5 Å². The zero-order chi connectivity index (χ0) is 23.2. The number of hydrogen-bond donors (Lipinski definition) is 3. The summed E-state index contributed by atoms with van der Waals surface area (Å²) < 4.78 is 5.41. The highest BCUT2D eigenvalue weighted by molar-refractivity contribution is 5.96. The van der Waals surface area contributed by atoms with E-state index < -0.39 is 5.91 Å². The van der Waals surface area contributed by atoms with Crippen molar-refractivity contribution >= 4 is 17.6 Å². The van der Waals surface area contributed by atoms with Crippen molar-refractivity contribution in [1.82, 2.24) is 15.4 Å². The first-order valence-corrected chi connectivity index (χ1v) is 10.8. The summed E-state index contributed by atoms with van der Waals surface area (Å²) in [7, 11) is 0. The van der Waals surface area contributed by atoms with Gasteiger partial charge >= 0.3 is 0 Å². The number of nitrogens with one attached hydrogen (secondary N) is 2. The average Bonchev–Trinajstić information content (AvgIpc) is 2.84. The molecule has 1 aromatic heterocycles. The molecule has 0 spiro atoms. The van der Waals surface area contributed by atoms with Crippen LogP contribution in [-0.4, -0.2) is 53.2 Å². The van der Waals surface area contributed by atoms with Crippen molar-refractivity contribution in [3.8, 4) is 22.4 Å². The van der Waals surface area contributed by atoms with Gasteiger partial charge < -0.3 is 10.1 Å². The Morgan fingerprint density at radius 3 is 2.18 bits per heavy atom. The third-order valence-corrected chi connectivity index (χ3v) is 5.47. The van der Waals surface area contributed by atoms with E-state index in [-0.39, 0.29) is 17.3 Å². The van der Waals surface area contributed by atoms with E-state index in [1.165, 1.54) is 18.6 Å². The number of hydroxylamine groups is 1. The number of morpholine rings is 1. The summed E-state index contributed by atoms with van der Waals surface area (Å²) in [6, 6.07) is 19.3. The monoisotopic (exact) mass is 446 g/mol. The first-order valence-electron chi connectivity index (χ1n) is 10.8. The van der Waals surface area contributed by atoms with Gasteiger partial charge in [0.25, 0.3) is 5.91 Å². The molecule has 170 valence electrons. The van der Waals surface area contributed by atoms with Gasteiger partial charge in [0.2, 0.25) is 5.91 Å². The molecule has 2 heterocycles. The van der Waals surface area contributed by atoms with E-state index in [0.29, 0.717) is 5.69 Å². The average molecular weight is 447 g/mol. The first-order chi connectivity index (χ1) is 16.0.